The molecule has 1 heterocycles. The van der Waals surface area contributed by atoms with Gasteiger partial charge in [-0.25, -0.2) is 0 Å². The predicted octanol–water partition coefficient (Wildman–Crippen LogP) is 1.53. The molecule has 1 N–H and O–H groups in total. The minimum atomic E-state index is -0.306. The standard InChI is InChI=1S/C19H24N2O3S2/c1-4-14-5-7-15(8-6-14)13-16-18(23)21(19(25)26-16)10-9-17(22)24-12-11-20(2)3/h5-8,13H,4,9-12H2,1-3H3/p+1/b16-13+. The quantitative estimate of drug-likeness (QED) is 0.412. The Hall–Kier alpha value is -1.70. The summed E-state index contributed by atoms with van der Waals surface area (Å²) in [5, 5.41) is 0. The fourth-order valence-corrected chi connectivity index (χ4v) is 3.65. The molecule has 1 aromatic carbocycles. The number of aryl methyl sites for hydroxylation is 1. The Morgan fingerprint density at radius 1 is 1.31 bits per heavy atom. The van der Waals surface area contributed by atoms with Crippen molar-refractivity contribution >= 4 is 46.3 Å². The third kappa shape index (κ3) is 5.93. The first kappa shape index (κ1) is 20.6. The van der Waals surface area contributed by atoms with Crippen molar-refractivity contribution in [1.82, 2.24) is 4.90 Å². The smallest absolute Gasteiger partial charge is 0.307 e. The van der Waals surface area contributed by atoms with Crippen molar-refractivity contribution in [2.45, 2.75) is 19.8 Å². The summed E-state index contributed by atoms with van der Waals surface area (Å²) >= 11 is 6.57. The summed E-state index contributed by atoms with van der Waals surface area (Å²) in [6.45, 7) is 3.50. The van der Waals surface area contributed by atoms with Crippen LogP contribution < -0.4 is 4.90 Å². The number of rotatable bonds is 8. The third-order valence-corrected chi connectivity index (χ3v) is 5.34. The lowest BCUT2D eigenvalue weighted by molar-refractivity contribution is -0.858. The Balaban J connectivity index is 1.91. The van der Waals surface area contributed by atoms with Crippen LogP contribution in [0.4, 0.5) is 0 Å². The van der Waals surface area contributed by atoms with Crippen molar-refractivity contribution in [3.05, 3.63) is 40.3 Å². The van der Waals surface area contributed by atoms with Crippen LogP contribution in [-0.4, -0.2) is 54.9 Å². The molecule has 0 spiro atoms. The Bertz CT molecular complexity index is 699. The molecule has 0 radical (unpaired) electrons. The lowest BCUT2D eigenvalue weighted by Gasteiger charge is -2.14. The van der Waals surface area contributed by atoms with Gasteiger partial charge in [0.1, 0.15) is 17.5 Å². The average molecular weight is 394 g/mol. The first-order valence-corrected chi connectivity index (χ1v) is 9.92. The molecule has 26 heavy (non-hydrogen) atoms. The van der Waals surface area contributed by atoms with Gasteiger partial charge in [-0.3, -0.25) is 14.5 Å². The first-order chi connectivity index (χ1) is 12.4. The van der Waals surface area contributed by atoms with Gasteiger partial charge in [-0.1, -0.05) is 55.2 Å². The number of benzene rings is 1. The second kappa shape index (κ2) is 9.85. The zero-order chi connectivity index (χ0) is 19.1. The normalized spacial score (nSPS) is 16.0. The van der Waals surface area contributed by atoms with Crippen LogP contribution in [0.2, 0.25) is 0 Å². The second-order valence-corrected chi connectivity index (χ2v) is 8.03. The van der Waals surface area contributed by atoms with Crippen LogP contribution in [0.5, 0.6) is 0 Å². The Kier molecular flexibility index (Phi) is 7.81. The van der Waals surface area contributed by atoms with E-state index in [2.05, 4.69) is 19.1 Å². The zero-order valence-corrected chi connectivity index (χ0v) is 17.0. The van der Waals surface area contributed by atoms with E-state index in [9.17, 15) is 9.59 Å². The maximum Gasteiger partial charge on any atom is 0.307 e. The molecule has 0 saturated carbocycles. The molecule has 7 heteroatoms. The number of carbonyl (C=O) groups is 2. The Labute approximate surface area is 164 Å². The van der Waals surface area contributed by atoms with Crippen LogP contribution in [0.15, 0.2) is 29.2 Å². The van der Waals surface area contributed by atoms with E-state index in [-0.39, 0.29) is 24.8 Å². The van der Waals surface area contributed by atoms with Crippen LogP contribution in [0.1, 0.15) is 24.5 Å². The highest BCUT2D eigenvalue weighted by Gasteiger charge is 2.32. The number of thiocarbonyl (C=S) groups is 1. The maximum absolute atomic E-state index is 12.6. The molecule has 1 saturated heterocycles. The number of hydrogen-bond acceptors (Lipinski definition) is 5. The molecule has 5 nitrogen and oxygen atoms in total. The maximum atomic E-state index is 12.6. The first-order valence-electron chi connectivity index (χ1n) is 8.69. The molecule has 140 valence electrons. The van der Waals surface area contributed by atoms with Crippen LogP contribution >= 0.6 is 24.0 Å². The number of likely N-dealkylation sites (N-methyl/N-ethyl adjacent to an activating group) is 1. The molecule has 0 atom stereocenters. The van der Waals surface area contributed by atoms with Gasteiger partial charge in [-0.15, -0.1) is 0 Å². The topological polar surface area (TPSA) is 51.1 Å². The largest absolute Gasteiger partial charge is 0.460 e. The van der Waals surface area contributed by atoms with Gasteiger partial charge >= 0.3 is 5.97 Å². The lowest BCUT2D eigenvalue weighted by atomic mass is 10.1. The summed E-state index contributed by atoms with van der Waals surface area (Å²) in [5.74, 6) is -0.454. The minimum absolute atomic E-state index is 0.147. The number of nitrogens with zero attached hydrogens (tertiary/aromatic N) is 1. The second-order valence-electron chi connectivity index (χ2n) is 6.36. The highest BCUT2D eigenvalue weighted by Crippen LogP contribution is 2.32. The Morgan fingerprint density at radius 3 is 2.62 bits per heavy atom. The minimum Gasteiger partial charge on any atom is -0.460 e. The summed E-state index contributed by atoms with van der Waals surface area (Å²) in [6, 6.07) is 8.10. The van der Waals surface area contributed by atoms with Crippen molar-refractivity contribution in [3.63, 3.8) is 0 Å². The fraction of sp³-hybridized carbons (Fsp3) is 0.421. The summed E-state index contributed by atoms with van der Waals surface area (Å²) < 4.78 is 5.65. The van der Waals surface area contributed by atoms with E-state index in [1.54, 1.807) is 0 Å². The van der Waals surface area contributed by atoms with Gasteiger partial charge < -0.3 is 9.64 Å². The van der Waals surface area contributed by atoms with Crippen LogP contribution in [-0.2, 0) is 20.7 Å². The molecule has 2 rings (SSSR count). The van der Waals surface area contributed by atoms with E-state index >= 15 is 0 Å². The van der Waals surface area contributed by atoms with E-state index in [1.807, 2.05) is 32.3 Å². The number of amides is 1. The SMILES string of the molecule is CCc1ccc(/C=C2/SC(=S)N(CCC(=O)OCC[NH+](C)C)C2=O)cc1. The molecule has 0 aromatic heterocycles. The highest BCUT2D eigenvalue weighted by molar-refractivity contribution is 8.26. The lowest BCUT2D eigenvalue weighted by Crippen LogP contribution is -3.06. The summed E-state index contributed by atoms with van der Waals surface area (Å²) in [6.07, 6.45) is 2.97. The summed E-state index contributed by atoms with van der Waals surface area (Å²) in [5.41, 5.74) is 2.22. The number of hydrogen-bond donors (Lipinski definition) is 1. The molecule has 1 aliphatic heterocycles. The molecular weight excluding hydrogens is 368 g/mol. The molecule has 0 aliphatic carbocycles. The van der Waals surface area contributed by atoms with Crippen molar-refractivity contribution in [2.75, 3.05) is 33.8 Å². The van der Waals surface area contributed by atoms with Gasteiger partial charge in [-0.2, -0.15) is 0 Å². The number of carbonyl (C=O) groups excluding carboxylic acids is 2. The van der Waals surface area contributed by atoms with E-state index in [0.717, 1.165) is 18.5 Å². The molecule has 0 bridgehead atoms. The van der Waals surface area contributed by atoms with Gasteiger partial charge in [0.2, 0.25) is 0 Å². The van der Waals surface area contributed by atoms with Gasteiger partial charge in [0, 0.05) is 6.54 Å². The van der Waals surface area contributed by atoms with E-state index in [1.165, 1.54) is 27.1 Å². The number of thioether (sulfide) groups is 1. The molecule has 0 unspecified atom stereocenters. The number of quaternary nitrogens is 1. The van der Waals surface area contributed by atoms with E-state index in [0.29, 0.717) is 15.8 Å². The van der Waals surface area contributed by atoms with Crippen LogP contribution in [0, 0.1) is 0 Å². The monoisotopic (exact) mass is 393 g/mol. The van der Waals surface area contributed by atoms with Gasteiger partial charge in [0.15, 0.2) is 0 Å². The third-order valence-electron chi connectivity index (χ3n) is 3.96. The van der Waals surface area contributed by atoms with E-state index in [4.69, 9.17) is 17.0 Å². The van der Waals surface area contributed by atoms with E-state index < -0.39 is 0 Å². The van der Waals surface area contributed by atoms with Gasteiger partial charge in [0.05, 0.1) is 25.4 Å². The number of esters is 1. The fourth-order valence-electron chi connectivity index (χ4n) is 2.34. The molecule has 1 aliphatic rings. The summed E-state index contributed by atoms with van der Waals surface area (Å²) in [4.78, 5) is 27.6. The molecule has 1 amide bonds. The van der Waals surface area contributed by atoms with Crippen LogP contribution in [0.3, 0.4) is 0 Å². The van der Waals surface area contributed by atoms with Crippen molar-refractivity contribution in [1.29, 1.82) is 0 Å². The molecular formula is C19H25N2O3S2+. The van der Waals surface area contributed by atoms with Crippen molar-refractivity contribution in [2.24, 2.45) is 0 Å². The van der Waals surface area contributed by atoms with Crippen LogP contribution in [0.25, 0.3) is 6.08 Å². The van der Waals surface area contributed by atoms with Crippen molar-refractivity contribution in [3.8, 4) is 0 Å². The predicted molar refractivity (Wildman–Crippen MR) is 109 cm³/mol. The molecule has 1 fully saturated rings. The van der Waals surface area contributed by atoms with Crippen molar-refractivity contribution < 1.29 is 19.2 Å². The van der Waals surface area contributed by atoms with Gasteiger partial charge in [-0.05, 0) is 23.6 Å². The number of nitrogens with one attached hydrogen (secondary N) is 1. The number of ether oxygens (including phenoxy) is 1. The average Bonchev–Trinajstić information content (AvgIpc) is 2.87. The highest BCUT2D eigenvalue weighted by atomic mass is 32.2. The van der Waals surface area contributed by atoms with Gasteiger partial charge in [0.25, 0.3) is 5.91 Å². The zero-order valence-electron chi connectivity index (χ0n) is 15.4. The summed E-state index contributed by atoms with van der Waals surface area (Å²) in [7, 11) is 3.99. The Morgan fingerprint density at radius 2 is 2.00 bits per heavy atom. The molecule has 1 aromatic rings.